The Bertz CT molecular complexity index is 458. The highest BCUT2D eigenvalue weighted by Gasteiger charge is 2.29. The van der Waals surface area contributed by atoms with Gasteiger partial charge < -0.3 is 10.1 Å². The summed E-state index contributed by atoms with van der Waals surface area (Å²) in [7, 11) is 0. The van der Waals surface area contributed by atoms with Crippen molar-refractivity contribution in [1.29, 1.82) is 0 Å². The third-order valence-electron chi connectivity index (χ3n) is 3.61. The highest BCUT2D eigenvalue weighted by atomic mass is 79.9. The van der Waals surface area contributed by atoms with Crippen LogP contribution in [-0.2, 0) is 4.74 Å². The Morgan fingerprint density at radius 2 is 2.15 bits per heavy atom. The molecule has 4 heteroatoms. The molecular formula is C16H23BrFNO. The summed E-state index contributed by atoms with van der Waals surface area (Å²) in [4.78, 5) is 0. The molecule has 1 aromatic rings. The monoisotopic (exact) mass is 343 g/mol. The maximum Gasteiger partial charge on any atom is 0.124 e. The predicted molar refractivity (Wildman–Crippen MR) is 83.3 cm³/mol. The molecule has 0 spiro atoms. The number of hydrogen-bond acceptors (Lipinski definition) is 2. The summed E-state index contributed by atoms with van der Waals surface area (Å²) in [6.07, 6.45) is 2.26. The van der Waals surface area contributed by atoms with Crippen LogP contribution in [0.4, 0.5) is 4.39 Å². The molecule has 2 nitrogen and oxygen atoms in total. The molecule has 0 bridgehead atoms. The first kappa shape index (κ1) is 15.9. The highest BCUT2D eigenvalue weighted by Crippen LogP contribution is 2.37. The normalized spacial score (nSPS) is 23.9. The fraction of sp³-hybridized carbons (Fsp3) is 0.625. The van der Waals surface area contributed by atoms with Crippen LogP contribution in [0.2, 0.25) is 0 Å². The number of rotatable bonds is 3. The van der Waals surface area contributed by atoms with Crippen LogP contribution in [0.15, 0.2) is 22.7 Å². The molecule has 2 atom stereocenters. The molecule has 0 amide bonds. The Hall–Kier alpha value is -0.450. The van der Waals surface area contributed by atoms with E-state index in [4.69, 9.17) is 4.74 Å². The van der Waals surface area contributed by atoms with E-state index in [-0.39, 0.29) is 17.5 Å². The van der Waals surface area contributed by atoms with Gasteiger partial charge in [0.1, 0.15) is 5.82 Å². The second-order valence-electron chi connectivity index (χ2n) is 6.49. The minimum atomic E-state index is -0.221. The van der Waals surface area contributed by atoms with E-state index in [1.807, 2.05) is 6.07 Å². The van der Waals surface area contributed by atoms with Gasteiger partial charge in [-0.25, -0.2) is 4.39 Å². The van der Waals surface area contributed by atoms with Gasteiger partial charge in [0, 0.05) is 29.1 Å². The molecule has 0 aliphatic carbocycles. The largest absolute Gasteiger partial charge is 0.373 e. The van der Waals surface area contributed by atoms with Crippen LogP contribution in [0.3, 0.4) is 0 Å². The summed E-state index contributed by atoms with van der Waals surface area (Å²) in [5.41, 5.74) is 1.15. The van der Waals surface area contributed by atoms with E-state index < -0.39 is 0 Å². The molecule has 1 fully saturated rings. The Kier molecular flexibility index (Phi) is 5.21. The van der Waals surface area contributed by atoms with Crippen LogP contribution in [0, 0.1) is 11.7 Å². The number of nitrogens with one attached hydrogen (secondary N) is 1. The second-order valence-corrected chi connectivity index (χ2v) is 7.34. The third-order valence-corrected chi connectivity index (χ3v) is 4.30. The molecule has 112 valence electrons. The average molecular weight is 344 g/mol. The molecule has 1 aliphatic rings. The molecule has 0 saturated carbocycles. The summed E-state index contributed by atoms with van der Waals surface area (Å²) in [6, 6.07) is 4.85. The Morgan fingerprint density at radius 3 is 2.80 bits per heavy atom. The van der Waals surface area contributed by atoms with E-state index in [2.05, 4.69) is 42.0 Å². The molecule has 1 saturated heterocycles. The van der Waals surface area contributed by atoms with Crippen molar-refractivity contribution in [2.45, 2.75) is 45.3 Å². The van der Waals surface area contributed by atoms with Gasteiger partial charge in [0.05, 0.1) is 6.10 Å². The molecule has 20 heavy (non-hydrogen) atoms. The minimum Gasteiger partial charge on any atom is -0.373 e. The topological polar surface area (TPSA) is 21.3 Å². The number of hydrogen-bond donors (Lipinski definition) is 1. The lowest BCUT2D eigenvalue weighted by Crippen LogP contribution is -2.41. The van der Waals surface area contributed by atoms with Gasteiger partial charge >= 0.3 is 0 Å². The van der Waals surface area contributed by atoms with Crippen LogP contribution in [0.5, 0.6) is 0 Å². The van der Waals surface area contributed by atoms with Gasteiger partial charge in [0.2, 0.25) is 0 Å². The van der Waals surface area contributed by atoms with Gasteiger partial charge in [0.15, 0.2) is 0 Å². The summed E-state index contributed by atoms with van der Waals surface area (Å²) in [6.45, 7) is 8.19. The lowest BCUT2D eigenvalue weighted by Gasteiger charge is -2.35. The van der Waals surface area contributed by atoms with Crippen molar-refractivity contribution in [3.8, 4) is 0 Å². The van der Waals surface area contributed by atoms with Crippen LogP contribution < -0.4 is 5.32 Å². The van der Waals surface area contributed by atoms with Gasteiger partial charge in [-0.15, -0.1) is 0 Å². The zero-order valence-electron chi connectivity index (χ0n) is 12.4. The van der Waals surface area contributed by atoms with Crippen molar-refractivity contribution < 1.29 is 9.13 Å². The standard InChI is InChI=1S/C16H23BrFNO/c1-16(2,3)19-10-11-5-4-8-20-15(11)13-7-6-12(18)9-14(13)17/h6-7,9,11,15,19H,4-5,8,10H2,1-3H3. The zero-order chi connectivity index (χ0) is 14.8. The van der Waals surface area contributed by atoms with E-state index in [9.17, 15) is 4.39 Å². The molecule has 1 aromatic carbocycles. The third kappa shape index (κ3) is 4.27. The second kappa shape index (κ2) is 6.54. The van der Waals surface area contributed by atoms with Crippen LogP contribution >= 0.6 is 15.9 Å². The van der Waals surface area contributed by atoms with Crippen molar-refractivity contribution in [3.63, 3.8) is 0 Å². The van der Waals surface area contributed by atoms with Crippen molar-refractivity contribution in [2.24, 2.45) is 5.92 Å². The van der Waals surface area contributed by atoms with Gasteiger partial charge in [-0.3, -0.25) is 0 Å². The van der Waals surface area contributed by atoms with Crippen LogP contribution in [0.1, 0.15) is 45.3 Å². The summed E-state index contributed by atoms with van der Waals surface area (Å²) >= 11 is 3.46. The zero-order valence-corrected chi connectivity index (χ0v) is 14.0. The average Bonchev–Trinajstić information content (AvgIpc) is 2.36. The minimum absolute atomic E-state index is 0.0357. The predicted octanol–water partition coefficient (Wildman–Crippen LogP) is 4.44. The first-order valence-corrected chi connectivity index (χ1v) is 7.98. The van der Waals surface area contributed by atoms with Crippen molar-refractivity contribution >= 4 is 15.9 Å². The van der Waals surface area contributed by atoms with E-state index >= 15 is 0 Å². The molecule has 2 rings (SSSR count). The summed E-state index contributed by atoms with van der Waals surface area (Å²) < 4.78 is 20.0. The maximum atomic E-state index is 13.2. The number of ether oxygens (including phenoxy) is 1. The fourth-order valence-electron chi connectivity index (χ4n) is 2.57. The van der Waals surface area contributed by atoms with E-state index in [0.29, 0.717) is 5.92 Å². The smallest absolute Gasteiger partial charge is 0.124 e. The van der Waals surface area contributed by atoms with E-state index in [1.165, 1.54) is 12.1 Å². The highest BCUT2D eigenvalue weighted by molar-refractivity contribution is 9.10. The van der Waals surface area contributed by atoms with Gasteiger partial charge in [0.25, 0.3) is 0 Å². The Balaban J connectivity index is 2.14. The molecule has 0 radical (unpaired) electrons. The van der Waals surface area contributed by atoms with Gasteiger partial charge in [-0.2, -0.15) is 0 Å². The quantitative estimate of drug-likeness (QED) is 0.875. The van der Waals surface area contributed by atoms with Crippen molar-refractivity contribution in [3.05, 3.63) is 34.1 Å². The molecular weight excluding hydrogens is 321 g/mol. The van der Waals surface area contributed by atoms with Crippen LogP contribution in [0.25, 0.3) is 0 Å². The van der Waals surface area contributed by atoms with Gasteiger partial charge in [-0.05, 0) is 51.3 Å². The van der Waals surface area contributed by atoms with Gasteiger partial charge in [-0.1, -0.05) is 22.0 Å². The summed E-state index contributed by atoms with van der Waals surface area (Å²) in [5, 5.41) is 3.55. The molecule has 1 aliphatic heterocycles. The van der Waals surface area contributed by atoms with Crippen molar-refractivity contribution in [1.82, 2.24) is 5.32 Å². The summed E-state index contributed by atoms with van der Waals surface area (Å²) in [5.74, 6) is 0.200. The Labute approximate surface area is 129 Å². The molecule has 1 N–H and O–H groups in total. The Morgan fingerprint density at radius 1 is 1.40 bits per heavy atom. The number of benzene rings is 1. The van der Waals surface area contributed by atoms with E-state index in [0.717, 1.165) is 36.0 Å². The lowest BCUT2D eigenvalue weighted by molar-refractivity contribution is -0.0297. The fourth-order valence-corrected chi connectivity index (χ4v) is 3.14. The first-order valence-electron chi connectivity index (χ1n) is 7.18. The first-order chi connectivity index (χ1) is 9.37. The molecule has 1 heterocycles. The number of halogens is 2. The van der Waals surface area contributed by atoms with E-state index in [1.54, 1.807) is 0 Å². The van der Waals surface area contributed by atoms with Crippen molar-refractivity contribution in [2.75, 3.05) is 13.2 Å². The molecule has 2 unspecified atom stereocenters. The SMILES string of the molecule is CC(C)(C)NCC1CCCOC1c1ccc(F)cc1Br. The van der Waals surface area contributed by atoms with Crippen LogP contribution in [-0.4, -0.2) is 18.7 Å². The lowest BCUT2D eigenvalue weighted by atomic mass is 9.88. The molecule has 0 aromatic heterocycles. The maximum absolute atomic E-state index is 13.2.